The third-order valence-corrected chi connectivity index (χ3v) is 6.69. The van der Waals surface area contributed by atoms with Crippen LogP contribution in [0.15, 0.2) is 18.5 Å². The number of aliphatic hydroxyl groups excluding tert-OH is 2. The van der Waals surface area contributed by atoms with Crippen molar-refractivity contribution in [2.75, 3.05) is 23.7 Å². The Morgan fingerprint density at radius 1 is 1.23 bits per heavy atom. The number of hydrogen-bond donors (Lipinski definition) is 5. The number of alkyl halides is 3. The molecule has 0 saturated heterocycles. The van der Waals surface area contributed by atoms with Gasteiger partial charge in [-0.25, -0.2) is 9.97 Å². The van der Waals surface area contributed by atoms with Crippen LogP contribution in [-0.2, 0) is 4.79 Å². The zero-order valence-electron chi connectivity index (χ0n) is 18.8. The molecule has 0 aliphatic heterocycles. The van der Waals surface area contributed by atoms with E-state index in [1.165, 1.54) is 11.3 Å². The molecule has 0 aromatic carbocycles. The SMILES string of the molecule is CCNC(=O)C1CC(Nc2nc(NCC(F)(F)F)nc(C)c2-c2nc3cnccc3s2)C(O)C1O. The molecule has 5 N–H and O–H groups in total. The van der Waals surface area contributed by atoms with Gasteiger partial charge >= 0.3 is 6.18 Å². The first-order valence-corrected chi connectivity index (χ1v) is 11.7. The predicted octanol–water partition coefficient (Wildman–Crippen LogP) is 2.09. The molecule has 0 spiro atoms. The van der Waals surface area contributed by atoms with Crippen LogP contribution < -0.4 is 16.0 Å². The Labute approximate surface area is 202 Å². The van der Waals surface area contributed by atoms with Crippen molar-refractivity contribution in [1.82, 2.24) is 25.3 Å². The fourth-order valence-corrected chi connectivity index (χ4v) is 5.03. The van der Waals surface area contributed by atoms with Crippen molar-refractivity contribution in [1.29, 1.82) is 0 Å². The number of carbonyl (C=O) groups excluding carboxylic acids is 1. The highest BCUT2D eigenvalue weighted by atomic mass is 32.1. The van der Waals surface area contributed by atoms with Crippen molar-refractivity contribution < 1.29 is 28.2 Å². The van der Waals surface area contributed by atoms with Gasteiger partial charge in [-0.2, -0.15) is 18.2 Å². The summed E-state index contributed by atoms with van der Waals surface area (Å²) in [4.78, 5) is 29.3. The van der Waals surface area contributed by atoms with E-state index in [-0.39, 0.29) is 18.2 Å². The average Bonchev–Trinajstić information content (AvgIpc) is 3.33. The lowest BCUT2D eigenvalue weighted by molar-refractivity contribution is -0.128. The molecule has 10 nitrogen and oxygen atoms in total. The van der Waals surface area contributed by atoms with Crippen molar-refractivity contribution >= 4 is 39.2 Å². The first-order chi connectivity index (χ1) is 16.6. The van der Waals surface area contributed by atoms with Crippen molar-refractivity contribution in [2.45, 2.75) is 44.7 Å². The molecule has 35 heavy (non-hydrogen) atoms. The summed E-state index contributed by atoms with van der Waals surface area (Å²) in [6.07, 6.45) is -3.81. The number of amides is 1. The number of hydrogen-bond acceptors (Lipinski definition) is 10. The van der Waals surface area contributed by atoms with Gasteiger partial charge in [-0.1, -0.05) is 0 Å². The van der Waals surface area contributed by atoms with Crippen molar-refractivity contribution in [3.8, 4) is 10.6 Å². The monoisotopic (exact) mass is 511 g/mol. The molecule has 3 heterocycles. The van der Waals surface area contributed by atoms with Gasteiger partial charge in [-0.15, -0.1) is 11.3 Å². The summed E-state index contributed by atoms with van der Waals surface area (Å²) in [7, 11) is 0. The largest absolute Gasteiger partial charge is 0.405 e. The number of pyridine rings is 1. The first-order valence-electron chi connectivity index (χ1n) is 10.9. The van der Waals surface area contributed by atoms with Crippen LogP contribution in [0.3, 0.4) is 0 Å². The standard InChI is InChI=1S/C21H24F3N7O3S/c1-3-26-18(34)10-6-11(16(33)15(10)32)29-17-14(19-30-12-7-25-5-4-13(12)35-19)9(2)28-20(31-17)27-8-21(22,23)24/h4-5,7,10-11,15-16,32-33H,3,6,8H2,1-2H3,(H,26,34)(H2,27,28,29,31). The van der Waals surface area contributed by atoms with E-state index >= 15 is 0 Å². The lowest BCUT2D eigenvalue weighted by Crippen LogP contribution is -2.39. The fraction of sp³-hybridized carbons (Fsp3) is 0.476. The predicted molar refractivity (Wildman–Crippen MR) is 124 cm³/mol. The van der Waals surface area contributed by atoms with E-state index in [9.17, 15) is 28.2 Å². The smallest absolute Gasteiger partial charge is 0.390 e. The summed E-state index contributed by atoms with van der Waals surface area (Å²) in [5.41, 5.74) is 1.42. The maximum absolute atomic E-state index is 12.8. The highest BCUT2D eigenvalue weighted by Crippen LogP contribution is 2.38. The molecular weight excluding hydrogens is 487 g/mol. The third kappa shape index (κ3) is 5.44. The molecule has 4 unspecified atom stereocenters. The minimum atomic E-state index is -4.48. The maximum atomic E-state index is 12.8. The quantitative estimate of drug-likeness (QED) is 0.322. The lowest BCUT2D eigenvalue weighted by atomic mass is 10.0. The number of nitrogens with zero attached hydrogens (tertiary/aromatic N) is 4. The lowest BCUT2D eigenvalue weighted by Gasteiger charge is -2.21. The van der Waals surface area contributed by atoms with Gasteiger partial charge in [-0.3, -0.25) is 9.78 Å². The van der Waals surface area contributed by atoms with Gasteiger partial charge in [0.1, 0.15) is 29.0 Å². The normalized spacial score (nSPS) is 22.4. The Balaban J connectivity index is 1.71. The number of carbonyl (C=O) groups is 1. The second-order valence-corrected chi connectivity index (χ2v) is 9.19. The Morgan fingerprint density at radius 3 is 2.69 bits per heavy atom. The Kier molecular flexibility index (Phi) is 7.05. The van der Waals surface area contributed by atoms with Gasteiger partial charge in [0, 0.05) is 12.7 Å². The van der Waals surface area contributed by atoms with Gasteiger partial charge in [0.25, 0.3) is 0 Å². The molecule has 3 aromatic rings. The fourth-order valence-electron chi connectivity index (χ4n) is 3.99. The van der Waals surface area contributed by atoms with E-state index < -0.39 is 42.8 Å². The number of aliphatic hydroxyl groups is 2. The number of aromatic nitrogens is 4. The summed E-state index contributed by atoms with van der Waals surface area (Å²) in [5.74, 6) is -1.39. The highest BCUT2D eigenvalue weighted by Gasteiger charge is 2.45. The van der Waals surface area contributed by atoms with Crippen molar-refractivity contribution in [3.05, 3.63) is 24.2 Å². The molecule has 3 aromatic heterocycles. The molecule has 1 saturated carbocycles. The second kappa shape index (κ2) is 9.87. The van der Waals surface area contributed by atoms with E-state index in [0.29, 0.717) is 28.3 Å². The van der Waals surface area contributed by atoms with E-state index in [1.807, 2.05) is 0 Å². The topological polar surface area (TPSA) is 145 Å². The molecule has 14 heteroatoms. The van der Waals surface area contributed by atoms with Gasteiger partial charge in [0.05, 0.1) is 40.2 Å². The molecule has 1 fully saturated rings. The number of rotatable bonds is 7. The van der Waals surface area contributed by atoms with E-state index in [2.05, 4.69) is 35.9 Å². The Bertz CT molecular complexity index is 1190. The second-order valence-electron chi connectivity index (χ2n) is 8.16. The van der Waals surface area contributed by atoms with Crippen LogP contribution in [0, 0.1) is 12.8 Å². The van der Waals surface area contributed by atoms with Crippen molar-refractivity contribution in [3.63, 3.8) is 0 Å². The molecule has 0 bridgehead atoms. The van der Waals surface area contributed by atoms with Gasteiger partial charge < -0.3 is 26.2 Å². The van der Waals surface area contributed by atoms with E-state index in [1.54, 1.807) is 32.3 Å². The van der Waals surface area contributed by atoms with E-state index in [4.69, 9.17) is 0 Å². The number of anilines is 2. The molecule has 1 amide bonds. The summed E-state index contributed by atoms with van der Waals surface area (Å²) in [6, 6.07) is 0.991. The van der Waals surface area contributed by atoms with E-state index in [0.717, 1.165) is 4.70 Å². The third-order valence-electron chi connectivity index (χ3n) is 5.63. The molecule has 4 atom stereocenters. The minimum Gasteiger partial charge on any atom is -0.390 e. The number of aryl methyl sites for hydroxylation is 1. The van der Waals surface area contributed by atoms with Crippen LogP contribution in [-0.4, -0.2) is 73.6 Å². The van der Waals surface area contributed by atoms with Gasteiger partial charge in [0.15, 0.2) is 0 Å². The molecule has 1 aliphatic rings. The summed E-state index contributed by atoms with van der Waals surface area (Å²) in [5, 5.41) is 29.4. The molecular formula is C21H24F3N7O3S. The molecule has 188 valence electrons. The van der Waals surface area contributed by atoms with Crippen LogP contribution in [0.25, 0.3) is 20.8 Å². The van der Waals surface area contributed by atoms with Crippen LogP contribution in [0.4, 0.5) is 24.9 Å². The highest BCUT2D eigenvalue weighted by molar-refractivity contribution is 7.21. The van der Waals surface area contributed by atoms with Gasteiger partial charge in [-0.05, 0) is 26.3 Å². The minimum absolute atomic E-state index is 0.0890. The van der Waals surface area contributed by atoms with Crippen LogP contribution in [0.1, 0.15) is 19.0 Å². The molecule has 0 radical (unpaired) electrons. The molecule has 4 rings (SSSR count). The number of nitrogens with one attached hydrogen (secondary N) is 3. The maximum Gasteiger partial charge on any atom is 0.405 e. The molecule has 1 aliphatic carbocycles. The first kappa shape index (κ1) is 25.0. The summed E-state index contributed by atoms with van der Waals surface area (Å²) in [6.45, 7) is 2.39. The van der Waals surface area contributed by atoms with Crippen molar-refractivity contribution in [2.24, 2.45) is 5.92 Å². The Hall–Kier alpha value is -3.10. The summed E-state index contributed by atoms with van der Waals surface area (Å²) < 4.78 is 39.1. The number of fused-ring (bicyclic) bond motifs is 1. The zero-order chi connectivity index (χ0) is 25.3. The zero-order valence-corrected chi connectivity index (χ0v) is 19.6. The number of halogens is 3. The Morgan fingerprint density at radius 2 is 2.00 bits per heavy atom. The van der Waals surface area contributed by atoms with Crippen LogP contribution >= 0.6 is 11.3 Å². The van der Waals surface area contributed by atoms with Crippen LogP contribution in [0.2, 0.25) is 0 Å². The number of thiazole rings is 1. The summed E-state index contributed by atoms with van der Waals surface area (Å²) >= 11 is 1.33. The van der Waals surface area contributed by atoms with Crippen LogP contribution in [0.5, 0.6) is 0 Å². The van der Waals surface area contributed by atoms with Gasteiger partial charge in [0.2, 0.25) is 11.9 Å². The average molecular weight is 512 g/mol.